The highest BCUT2D eigenvalue weighted by atomic mass is 32.1. The number of esters is 1. The molecule has 1 atom stereocenters. The number of carbonyl (C=O) groups is 1. The monoisotopic (exact) mass is 327 g/mol. The van der Waals surface area contributed by atoms with Crippen molar-refractivity contribution in [2.45, 2.75) is 25.8 Å². The van der Waals surface area contributed by atoms with Crippen LogP contribution >= 0.6 is 12.2 Å². The number of ether oxygens (including phenoxy) is 1. The number of benzene rings is 2. The summed E-state index contributed by atoms with van der Waals surface area (Å²) in [6.45, 7) is 2.05. The molecule has 0 spiro atoms. The van der Waals surface area contributed by atoms with Gasteiger partial charge in [-0.1, -0.05) is 72.4 Å². The molecule has 0 saturated carbocycles. The van der Waals surface area contributed by atoms with Crippen LogP contribution < -0.4 is 5.32 Å². The van der Waals surface area contributed by atoms with Crippen molar-refractivity contribution in [3.8, 4) is 0 Å². The number of hydrogen-bond acceptors (Lipinski definition) is 3. The Labute approximate surface area is 142 Å². The normalized spacial score (nSPS) is 11.6. The van der Waals surface area contributed by atoms with Gasteiger partial charge in [-0.2, -0.15) is 0 Å². The first kappa shape index (κ1) is 17.2. The summed E-state index contributed by atoms with van der Waals surface area (Å²) in [5, 5.41) is 3.14. The third kappa shape index (κ3) is 5.49. The van der Waals surface area contributed by atoms with E-state index in [1.54, 1.807) is 0 Å². The van der Waals surface area contributed by atoms with Crippen molar-refractivity contribution in [3.63, 3.8) is 0 Å². The Bertz CT molecular complexity index is 670. The smallest absolute Gasteiger partial charge is 0.328 e. The number of rotatable bonds is 6. The fraction of sp³-hybridized carbons (Fsp3) is 0.263. The molecule has 0 unspecified atom stereocenters. The average molecular weight is 327 g/mol. The molecule has 0 amide bonds. The number of carbonyl (C=O) groups excluding carboxylic acids is 1. The Hall–Kier alpha value is -2.20. The van der Waals surface area contributed by atoms with E-state index in [4.69, 9.17) is 17.0 Å². The van der Waals surface area contributed by atoms with Gasteiger partial charge in [0.25, 0.3) is 0 Å². The molecule has 0 aliphatic carbocycles. The number of thiocarbonyl (C=S) groups is 1. The lowest BCUT2D eigenvalue weighted by atomic mass is 10.1. The summed E-state index contributed by atoms with van der Waals surface area (Å²) in [7, 11) is 1.39. The Morgan fingerprint density at radius 1 is 1.13 bits per heavy atom. The second-order valence-electron chi connectivity index (χ2n) is 5.50. The van der Waals surface area contributed by atoms with Crippen LogP contribution in [-0.4, -0.2) is 24.1 Å². The molecule has 1 N–H and O–H groups in total. The van der Waals surface area contributed by atoms with Crippen molar-refractivity contribution >= 4 is 23.2 Å². The molecular weight excluding hydrogens is 306 g/mol. The van der Waals surface area contributed by atoms with E-state index < -0.39 is 6.04 Å². The van der Waals surface area contributed by atoms with E-state index in [-0.39, 0.29) is 5.97 Å². The second kappa shape index (κ2) is 8.44. The Morgan fingerprint density at radius 3 is 2.48 bits per heavy atom. The summed E-state index contributed by atoms with van der Waals surface area (Å²) < 4.78 is 4.89. The first-order valence-electron chi connectivity index (χ1n) is 7.55. The standard InChI is InChI=1S/C19H21NO2S/c1-14-7-6-10-16(11-14)13-18(23)20-17(19(21)22-2)12-15-8-4-3-5-9-15/h3-11,17H,12-13H2,1-2H3,(H,20,23)/t17-/m0/s1. The van der Waals surface area contributed by atoms with Crippen molar-refractivity contribution in [2.24, 2.45) is 0 Å². The fourth-order valence-electron chi connectivity index (χ4n) is 2.44. The Kier molecular flexibility index (Phi) is 6.29. The zero-order valence-electron chi connectivity index (χ0n) is 13.4. The summed E-state index contributed by atoms with van der Waals surface area (Å²) in [6.07, 6.45) is 1.15. The molecule has 23 heavy (non-hydrogen) atoms. The minimum atomic E-state index is -0.472. The lowest BCUT2D eigenvalue weighted by Gasteiger charge is -2.18. The highest BCUT2D eigenvalue weighted by molar-refractivity contribution is 7.80. The minimum Gasteiger partial charge on any atom is -0.467 e. The van der Waals surface area contributed by atoms with Gasteiger partial charge in [-0.15, -0.1) is 0 Å². The van der Waals surface area contributed by atoms with E-state index in [1.807, 2.05) is 55.5 Å². The highest BCUT2D eigenvalue weighted by Gasteiger charge is 2.20. The van der Waals surface area contributed by atoms with Crippen LogP contribution in [0.3, 0.4) is 0 Å². The minimum absolute atomic E-state index is 0.305. The van der Waals surface area contributed by atoms with Crippen LogP contribution in [0.25, 0.3) is 0 Å². The van der Waals surface area contributed by atoms with Crippen LogP contribution in [0.2, 0.25) is 0 Å². The second-order valence-corrected chi connectivity index (χ2v) is 5.99. The van der Waals surface area contributed by atoms with E-state index in [9.17, 15) is 4.79 Å². The van der Waals surface area contributed by atoms with Crippen molar-refractivity contribution in [3.05, 3.63) is 71.3 Å². The van der Waals surface area contributed by atoms with Gasteiger partial charge in [0.2, 0.25) is 0 Å². The van der Waals surface area contributed by atoms with Crippen LogP contribution in [0.4, 0.5) is 0 Å². The van der Waals surface area contributed by atoms with Crippen LogP contribution in [0.15, 0.2) is 54.6 Å². The largest absolute Gasteiger partial charge is 0.467 e. The van der Waals surface area contributed by atoms with E-state index in [0.29, 0.717) is 17.8 Å². The van der Waals surface area contributed by atoms with Gasteiger partial charge in [0.05, 0.1) is 12.1 Å². The maximum absolute atomic E-state index is 12.0. The number of nitrogens with one attached hydrogen (secondary N) is 1. The molecule has 2 rings (SSSR count). The first-order valence-corrected chi connectivity index (χ1v) is 7.96. The molecule has 0 fully saturated rings. The summed E-state index contributed by atoms with van der Waals surface area (Å²) >= 11 is 5.42. The van der Waals surface area contributed by atoms with Gasteiger partial charge >= 0.3 is 5.97 Å². The molecule has 120 valence electrons. The maximum atomic E-state index is 12.0. The van der Waals surface area contributed by atoms with Crippen molar-refractivity contribution in [2.75, 3.05) is 7.11 Å². The zero-order valence-corrected chi connectivity index (χ0v) is 14.2. The van der Waals surface area contributed by atoms with E-state index in [2.05, 4.69) is 11.4 Å². The molecule has 2 aromatic rings. The van der Waals surface area contributed by atoms with Gasteiger partial charge in [0.15, 0.2) is 0 Å². The molecule has 0 aromatic heterocycles. The Morgan fingerprint density at radius 2 is 1.83 bits per heavy atom. The third-order valence-electron chi connectivity index (χ3n) is 3.55. The summed E-state index contributed by atoms with van der Waals surface area (Å²) in [5.74, 6) is -0.305. The van der Waals surface area contributed by atoms with Gasteiger partial charge in [0, 0.05) is 12.8 Å². The van der Waals surface area contributed by atoms with Crippen molar-refractivity contribution in [1.29, 1.82) is 0 Å². The molecule has 0 heterocycles. The molecule has 0 bridgehead atoms. The lowest BCUT2D eigenvalue weighted by molar-refractivity contribution is -0.142. The molecule has 3 nitrogen and oxygen atoms in total. The van der Waals surface area contributed by atoms with Gasteiger partial charge in [-0.05, 0) is 18.1 Å². The third-order valence-corrected chi connectivity index (χ3v) is 3.81. The van der Waals surface area contributed by atoms with Gasteiger partial charge in [0.1, 0.15) is 6.04 Å². The van der Waals surface area contributed by atoms with Crippen molar-refractivity contribution in [1.82, 2.24) is 5.32 Å². The molecule has 4 heteroatoms. The lowest BCUT2D eigenvalue weighted by Crippen LogP contribution is -2.43. The van der Waals surface area contributed by atoms with Crippen LogP contribution in [0.5, 0.6) is 0 Å². The predicted molar refractivity (Wildman–Crippen MR) is 96.6 cm³/mol. The summed E-state index contributed by atoms with van der Waals surface area (Å²) in [4.78, 5) is 12.7. The van der Waals surface area contributed by atoms with Gasteiger partial charge in [-0.3, -0.25) is 0 Å². The molecule has 0 aliphatic rings. The van der Waals surface area contributed by atoms with E-state index >= 15 is 0 Å². The van der Waals surface area contributed by atoms with E-state index in [0.717, 1.165) is 11.1 Å². The molecule has 0 aliphatic heterocycles. The fourth-order valence-corrected chi connectivity index (χ4v) is 2.75. The van der Waals surface area contributed by atoms with Gasteiger partial charge in [-0.25, -0.2) is 4.79 Å². The zero-order chi connectivity index (χ0) is 16.7. The summed E-state index contributed by atoms with van der Waals surface area (Å²) in [6, 6.07) is 17.5. The maximum Gasteiger partial charge on any atom is 0.328 e. The van der Waals surface area contributed by atoms with Crippen LogP contribution in [-0.2, 0) is 22.4 Å². The average Bonchev–Trinajstić information content (AvgIpc) is 2.54. The first-order chi connectivity index (χ1) is 11.1. The van der Waals surface area contributed by atoms with Gasteiger partial charge < -0.3 is 10.1 Å². The predicted octanol–water partition coefficient (Wildman–Crippen LogP) is 3.24. The van der Waals surface area contributed by atoms with Crippen molar-refractivity contribution < 1.29 is 9.53 Å². The van der Waals surface area contributed by atoms with E-state index in [1.165, 1.54) is 12.7 Å². The number of methoxy groups -OCH3 is 1. The van der Waals surface area contributed by atoms with Crippen LogP contribution in [0, 0.1) is 6.92 Å². The highest BCUT2D eigenvalue weighted by Crippen LogP contribution is 2.08. The molecular formula is C19H21NO2S. The Balaban J connectivity index is 2.02. The SMILES string of the molecule is COC(=O)[C@H](Cc1ccccc1)NC(=S)Cc1cccc(C)c1. The topological polar surface area (TPSA) is 38.3 Å². The molecule has 2 aromatic carbocycles. The number of hydrogen-bond donors (Lipinski definition) is 1. The quantitative estimate of drug-likeness (QED) is 0.653. The summed E-state index contributed by atoms with van der Waals surface area (Å²) in [5.41, 5.74) is 3.39. The molecule has 0 saturated heterocycles. The molecule has 0 radical (unpaired) electrons. The van der Waals surface area contributed by atoms with Crippen LogP contribution in [0.1, 0.15) is 16.7 Å². The number of aryl methyl sites for hydroxylation is 1.